The number of ether oxygens (including phenoxy) is 2. The molecule has 10 heteroatoms. The molecule has 2 aromatic heterocycles. The van der Waals surface area contributed by atoms with Crippen LogP contribution in [0.25, 0.3) is 0 Å². The summed E-state index contributed by atoms with van der Waals surface area (Å²) in [6.45, 7) is 5.26. The predicted molar refractivity (Wildman–Crippen MR) is 131 cm³/mol. The minimum absolute atomic E-state index is 0.118. The van der Waals surface area contributed by atoms with Gasteiger partial charge in [-0.3, -0.25) is 9.59 Å². The van der Waals surface area contributed by atoms with Crippen LogP contribution in [0.5, 0.6) is 0 Å². The minimum Gasteiger partial charge on any atom is -0.462 e. The van der Waals surface area contributed by atoms with Crippen molar-refractivity contribution in [1.29, 1.82) is 0 Å². The summed E-state index contributed by atoms with van der Waals surface area (Å²) in [4.78, 5) is 51.9. The smallest absolute Gasteiger partial charge is 0.348 e. The molecule has 2 heterocycles. The largest absolute Gasteiger partial charge is 0.462 e. The SMILES string of the molecule is CCOC(=O)c1sc(N[C@H](NC(=O)c2ccccc2)C(=O)c2cccs2)c(C(=O)OCC)c1C. The maximum Gasteiger partial charge on any atom is 0.348 e. The molecule has 0 unspecified atom stereocenters. The lowest BCUT2D eigenvalue weighted by atomic mass is 10.1. The summed E-state index contributed by atoms with van der Waals surface area (Å²) in [5, 5.41) is 7.64. The molecule has 1 atom stereocenters. The average Bonchev–Trinajstić information content (AvgIpc) is 3.47. The van der Waals surface area contributed by atoms with E-state index in [1.165, 1.54) is 11.3 Å². The Balaban J connectivity index is 2.01. The van der Waals surface area contributed by atoms with Gasteiger partial charge in [0.1, 0.15) is 9.88 Å². The van der Waals surface area contributed by atoms with Crippen LogP contribution in [-0.4, -0.2) is 43.0 Å². The lowest BCUT2D eigenvalue weighted by Gasteiger charge is -2.20. The molecule has 8 nitrogen and oxygen atoms in total. The molecule has 2 N–H and O–H groups in total. The van der Waals surface area contributed by atoms with E-state index in [2.05, 4.69) is 10.6 Å². The molecule has 1 amide bonds. The van der Waals surface area contributed by atoms with Gasteiger partial charge in [0, 0.05) is 5.56 Å². The van der Waals surface area contributed by atoms with Gasteiger partial charge in [0.25, 0.3) is 5.91 Å². The lowest BCUT2D eigenvalue weighted by molar-refractivity contribution is 0.0526. The first-order valence-electron chi connectivity index (χ1n) is 10.5. The molecule has 0 aliphatic rings. The number of hydrogen-bond acceptors (Lipinski definition) is 9. The number of hydrogen-bond donors (Lipinski definition) is 2. The fourth-order valence-corrected chi connectivity index (χ4v) is 4.93. The van der Waals surface area contributed by atoms with E-state index < -0.39 is 29.8 Å². The number of anilines is 1. The molecule has 1 aromatic carbocycles. The molecular weight excluding hydrogens is 476 g/mol. The molecule has 0 saturated carbocycles. The van der Waals surface area contributed by atoms with Crippen molar-refractivity contribution >= 4 is 51.3 Å². The molecule has 0 fully saturated rings. The van der Waals surface area contributed by atoms with Crippen LogP contribution >= 0.6 is 22.7 Å². The van der Waals surface area contributed by atoms with Gasteiger partial charge in [-0.05, 0) is 49.9 Å². The number of nitrogens with one attached hydrogen (secondary N) is 2. The number of carbonyl (C=O) groups excluding carboxylic acids is 4. The Kier molecular flexibility index (Phi) is 8.55. The van der Waals surface area contributed by atoms with E-state index in [4.69, 9.17) is 9.47 Å². The molecular formula is C24H24N2O6S2. The van der Waals surface area contributed by atoms with Gasteiger partial charge in [0.05, 0.1) is 23.7 Å². The Hall–Kier alpha value is -3.50. The Labute approximate surface area is 204 Å². The van der Waals surface area contributed by atoms with E-state index in [0.29, 0.717) is 16.0 Å². The van der Waals surface area contributed by atoms with Gasteiger partial charge in [0.2, 0.25) is 5.78 Å². The second kappa shape index (κ2) is 11.6. The second-order valence-electron chi connectivity index (χ2n) is 6.96. The van der Waals surface area contributed by atoms with E-state index in [9.17, 15) is 19.2 Å². The van der Waals surface area contributed by atoms with Gasteiger partial charge in [-0.15, -0.1) is 22.7 Å². The highest BCUT2D eigenvalue weighted by molar-refractivity contribution is 7.18. The van der Waals surface area contributed by atoms with Crippen LogP contribution in [0.15, 0.2) is 47.8 Å². The van der Waals surface area contributed by atoms with Crippen LogP contribution in [0.1, 0.15) is 59.5 Å². The monoisotopic (exact) mass is 500 g/mol. The van der Waals surface area contributed by atoms with Gasteiger partial charge in [-0.25, -0.2) is 9.59 Å². The molecule has 3 rings (SSSR count). The van der Waals surface area contributed by atoms with Crippen molar-refractivity contribution in [2.75, 3.05) is 18.5 Å². The number of ketones is 1. The van der Waals surface area contributed by atoms with Gasteiger partial charge in [-0.1, -0.05) is 24.3 Å². The standard InChI is InChI=1S/C24H24N2O6S2/c1-4-31-23(29)17-14(3)19(24(30)32-5-2)34-22(17)26-20(18(27)16-12-9-13-33-16)25-21(28)15-10-7-6-8-11-15/h6-13,20,26H,4-5H2,1-3H3,(H,25,28)/t20-/m0/s1. The average molecular weight is 501 g/mol. The quantitative estimate of drug-likeness (QED) is 0.239. The Morgan fingerprint density at radius 2 is 1.62 bits per heavy atom. The summed E-state index contributed by atoms with van der Waals surface area (Å²) in [5.74, 6) is -2.10. The molecule has 34 heavy (non-hydrogen) atoms. The molecule has 0 aliphatic heterocycles. The van der Waals surface area contributed by atoms with Gasteiger partial charge in [-0.2, -0.15) is 0 Å². The van der Waals surface area contributed by atoms with Gasteiger partial charge >= 0.3 is 11.9 Å². The highest BCUT2D eigenvalue weighted by atomic mass is 32.1. The summed E-state index contributed by atoms with van der Waals surface area (Å²) >= 11 is 2.20. The number of rotatable bonds is 10. The molecule has 0 radical (unpaired) electrons. The summed E-state index contributed by atoms with van der Waals surface area (Å²) in [6.07, 6.45) is -1.20. The zero-order chi connectivity index (χ0) is 24.7. The normalized spacial score (nSPS) is 11.4. The van der Waals surface area contributed by atoms with E-state index in [-0.39, 0.29) is 28.7 Å². The Morgan fingerprint density at radius 1 is 0.941 bits per heavy atom. The number of benzene rings is 1. The van der Waals surface area contributed by atoms with E-state index in [1.807, 2.05) is 0 Å². The van der Waals surface area contributed by atoms with Crippen molar-refractivity contribution < 1.29 is 28.7 Å². The van der Waals surface area contributed by atoms with Crippen LogP contribution < -0.4 is 10.6 Å². The third kappa shape index (κ3) is 5.70. The van der Waals surface area contributed by atoms with E-state index >= 15 is 0 Å². The van der Waals surface area contributed by atoms with Crippen molar-refractivity contribution in [3.8, 4) is 0 Å². The van der Waals surface area contributed by atoms with E-state index in [1.54, 1.807) is 68.6 Å². The molecule has 0 aliphatic carbocycles. The highest BCUT2D eigenvalue weighted by Gasteiger charge is 2.30. The van der Waals surface area contributed by atoms with Crippen LogP contribution in [0, 0.1) is 6.92 Å². The number of amides is 1. The molecule has 0 bridgehead atoms. The van der Waals surface area contributed by atoms with Crippen molar-refractivity contribution in [3.63, 3.8) is 0 Å². The first-order chi connectivity index (χ1) is 16.4. The summed E-state index contributed by atoms with van der Waals surface area (Å²) in [7, 11) is 0. The third-order valence-electron chi connectivity index (χ3n) is 4.70. The maximum absolute atomic E-state index is 13.2. The van der Waals surface area contributed by atoms with Crippen LogP contribution in [0.2, 0.25) is 0 Å². The van der Waals surface area contributed by atoms with Crippen LogP contribution in [0.4, 0.5) is 5.00 Å². The fourth-order valence-electron chi connectivity index (χ4n) is 3.12. The minimum atomic E-state index is -1.20. The zero-order valence-corrected chi connectivity index (χ0v) is 20.5. The number of Topliss-reactive ketones (excluding diaryl/α,β-unsaturated/α-hetero) is 1. The maximum atomic E-state index is 13.2. The van der Waals surface area contributed by atoms with Crippen molar-refractivity contribution in [3.05, 3.63) is 74.3 Å². The molecule has 0 saturated heterocycles. The Morgan fingerprint density at radius 3 is 2.24 bits per heavy atom. The fraction of sp³-hybridized carbons (Fsp3) is 0.250. The summed E-state index contributed by atoms with van der Waals surface area (Å²) < 4.78 is 10.3. The lowest BCUT2D eigenvalue weighted by Crippen LogP contribution is -2.46. The first kappa shape index (κ1) is 25.1. The molecule has 178 valence electrons. The first-order valence-corrected chi connectivity index (χ1v) is 12.2. The van der Waals surface area contributed by atoms with Crippen molar-refractivity contribution in [1.82, 2.24) is 5.32 Å². The van der Waals surface area contributed by atoms with Crippen LogP contribution in [0.3, 0.4) is 0 Å². The number of carbonyl (C=O) groups is 4. The topological polar surface area (TPSA) is 111 Å². The van der Waals surface area contributed by atoms with Gasteiger partial charge in [0.15, 0.2) is 6.17 Å². The van der Waals surface area contributed by atoms with Crippen molar-refractivity contribution in [2.45, 2.75) is 26.9 Å². The van der Waals surface area contributed by atoms with E-state index in [0.717, 1.165) is 11.3 Å². The zero-order valence-electron chi connectivity index (χ0n) is 18.9. The number of esters is 2. The number of thiophene rings is 2. The van der Waals surface area contributed by atoms with Crippen molar-refractivity contribution in [2.24, 2.45) is 0 Å². The third-order valence-corrected chi connectivity index (χ3v) is 6.79. The predicted octanol–water partition coefficient (Wildman–Crippen LogP) is 4.52. The molecule has 3 aromatic rings. The summed E-state index contributed by atoms with van der Waals surface area (Å²) in [5.41, 5.74) is 0.863. The highest BCUT2D eigenvalue weighted by Crippen LogP contribution is 2.35. The van der Waals surface area contributed by atoms with Gasteiger partial charge < -0.3 is 20.1 Å². The molecule has 0 spiro atoms. The Bertz CT molecular complexity index is 1170. The van der Waals surface area contributed by atoms with Crippen LogP contribution in [-0.2, 0) is 9.47 Å². The second-order valence-corrected chi connectivity index (χ2v) is 8.93. The summed E-state index contributed by atoms with van der Waals surface area (Å²) in [6, 6.07) is 11.8.